The Kier molecular flexibility index (Phi) is 5.64. The highest BCUT2D eigenvalue weighted by Gasteiger charge is 2.08. The number of hydrogen-bond donors (Lipinski definition) is 1. The van der Waals surface area contributed by atoms with Crippen LogP contribution in [0.1, 0.15) is 19.4 Å². The van der Waals surface area contributed by atoms with E-state index < -0.39 is 0 Å². The summed E-state index contributed by atoms with van der Waals surface area (Å²) in [5, 5.41) is 3.29. The molecule has 106 valence electrons. The highest BCUT2D eigenvalue weighted by molar-refractivity contribution is 9.10. The molecule has 4 heteroatoms. The summed E-state index contributed by atoms with van der Waals surface area (Å²) in [5.41, 5.74) is 0.965. The maximum Gasteiger partial charge on any atom is 0.137 e. The first-order valence-electron chi connectivity index (χ1n) is 6.50. The molecule has 0 aromatic heterocycles. The topological polar surface area (TPSA) is 12.0 Å². The fraction of sp³-hybridized carbons (Fsp3) is 0.250. The van der Waals surface area contributed by atoms with Gasteiger partial charge in [-0.2, -0.15) is 0 Å². The lowest BCUT2D eigenvalue weighted by molar-refractivity contribution is 0.574. The lowest BCUT2D eigenvalue weighted by atomic mass is 10.2. The summed E-state index contributed by atoms with van der Waals surface area (Å²) < 4.78 is 15.1. The van der Waals surface area contributed by atoms with E-state index >= 15 is 0 Å². The highest BCUT2D eigenvalue weighted by Crippen LogP contribution is 2.34. The number of hydrogen-bond acceptors (Lipinski definition) is 2. The fourth-order valence-electron chi connectivity index (χ4n) is 1.71. The maximum atomic E-state index is 14.1. The number of rotatable bonds is 5. The van der Waals surface area contributed by atoms with Gasteiger partial charge < -0.3 is 5.32 Å². The van der Waals surface area contributed by atoms with Gasteiger partial charge in [-0.1, -0.05) is 43.8 Å². The summed E-state index contributed by atoms with van der Waals surface area (Å²) >= 11 is 4.91. The van der Waals surface area contributed by atoms with Gasteiger partial charge in [-0.25, -0.2) is 4.39 Å². The Labute approximate surface area is 132 Å². The number of benzene rings is 2. The molecule has 0 saturated carbocycles. The molecule has 0 fully saturated rings. The lowest BCUT2D eigenvalue weighted by Crippen LogP contribution is -2.21. The van der Waals surface area contributed by atoms with Crippen molar-refractivity contribution in [3.05, 3.63) is 58.3 Å². The predicted octanol–water partition coefficient (Wildman–Crippen LogP) is 5.24. The van der Waals surface area contributed by atoms with Crippen LogP contribution in [0.4, 0.5) is 4.39 Å². The van der Waals surface area contributed by atoms with Gasteiger partial charge in [-0.15, -0.1) is 0 Å². The molecule has 2 rings (SSSR count). The zero-order valence-electron chi connectivity index (χ0n) is 11.5. The third kappa shape index (κ3) is 4.33. The van der Waals surface area contributed by atoms with Gasteiger partial charge >= 0.3 is 0 Å². The molecule has 0 saturated heterocycles. The molecule has 0 aliphatic carbocycles. The molecule has 1 N–H and O–H groups in total. The summed E-state index contributed by atoms with van der Waals surface area (Å²) in [6.45, 7) is 4.84. The van der Waals surface area contributed by atoms with E-state index in [1.54, 1.807) is 6.07 Å². The van der Waals surface area contributed by atoms with E-state index in [4.69, 9.17) is 0 Å². The largest absolute Gasteiger partial charge is 0.310 e. The second-order valence-electron chi connectivity index (χ2n) is 4.83. The van der Waals surface area contributed by atoms with Crippen LogP contribution in [0.15, 0.2) is 56.7 Å². The highest BCUT2D eigenvalue weighted by atomic mass is 79.9. The standard InChI is InChI=1S/C16H17BrFNS/c1-11(2)19-10-12-7-8-16(14(18)9-12)20-15-6-4-3-5-13(15)17/h3-9,11,19H,10H2,1-2H3. The van der Waals surface area contributed by atoms with Crippen LogP contribution in [0.5, 0.6) is 0 Å². The summed E-state index contributed by atoms with van der Waals surface area (Å²) in [5.74, 6) is -0.172. The van der Waals surface area contributed by atoms with Crippen molar-refractivity contribution < 1.29 is 4.39 Å². The second kappa shape index (κ2) is 7.25. The van der Waals surface area contributed by atoms with Crippen LogP contribution >= 0.6 is 27.7 Å². The van der Waals surface area contributed by atoms with Gasteiger partial charge in [0.1, 0.15) is 5.82 Å². The smallest absolute Gasteiger partial charge is 0.137 e. The van der Waals surface area contributed by atoms with Crippen LogP contribution < -0.4 is 5.32 Å². The minimum atomic E-state index is -0.172. The van der Waals surface area contributed by atoms with E-state index in [0.29, 0.717) is 17.5 Å². The molecule has 0 radical (unpaired) electrons. The van der Waals surface area contributed by atoms with Crippen LogP contribution in [0.2, 0.25) is 0 Å². The number of nitrogens with one attached hydrogen (secondary N) is 1. The van der Waals surface area contributed by atoms with Crippen molar-refractivity contribution in [2.75, 3.05) is 0 Å². The molecule has 0 heterocycles. The van der Waals surface area contributed by atoms with E-state index in [0.717, 1.165) is 14.9 Å². The van der Waals surface area contributed by atoms with Crippen molar-refractivity contribution in [2.24, 2.45) is 0 Å². The van der Waals surface area contributed by atoms with E-state index in [2.05, 4.69) is 35.1 Å². The van der Waals surface area contributed by atoms with E-state index in [9.17, 15) is 4.39 Å². The molecule has 0 amide bonds. The van der Waals surface area contributed by atoms with Crippen molar-refractivity contribution >= 4 is 27.7 Å². The van der Waals surface area contributed by atoms with Gasteiger partial charge in [0, 0.05) is 26.9 Å². The summed E-state index contributed by atoms with van der Waals surface area (Å²) in [7, 11) is 0. The van der Waals surface area contributed by atoms with Gasteiger partial charge in [-0.05, 0) is 45.8 Å². The van der Waals surface area contributed by atoms with Crippen LogP contribution in [0, 0.1) is 5.82 Å². The SMILES string of the molecule is CC(C)NCc1ccc(Sc2ccccc2Br)c(F)c1. The molecule has 2 aromatic rings. The first-order valence-corrected chi connectivity index (χ1v) is 8.11. The van der Waals surface area contributed by atoms with Gasteiger partial charge in [-0.3, -0.25) is 0 Å². The van der Waals surface area contributed by atoms with Crippen LogP contribution in [0.3, 0.4) is 0 Å². The molecule has 0 bridgehead atoms. The third-order valence-electron chi connectivity index (χ3n) is 2.77. The van der Waals surface area contributed by atoms with Gasteiger partial charge in [0.15, 0.2) is 0 Å². The molecule has 0 unspecified atom stereocenters. The van der Waals surface area contributed by atoms with E-state index in [1.165, 1.54) is 11.8 Å². The zero-order valence-corrected chi connectivity index (χ0v) is 13.9. The third-order valence-corrected chi connectivity index (χ3v) is 4.85. The molecule has 2 aromatic carbocycles. The van der Waals surface area contributed by atoms with Gasteiger partial charge in [0.05, 0.1) is 0 Å². The lowest BCUT2D eigenvalue weighted by Gasteiger charge is -2.10. The van der Waals surface area contributed by atoms with Crippen molar-refractivity contribution in [3.8, 4) is 0 Å². The minimum Gasteiger partial charge on any atom is -0.310 e. The molecule has 0 atom stereocenters. The molecular weight excluding hydrogens is 337 g/mol. The predicted molar refractivity (Wildman–Crippen MR) is 86.6 cm³/mol. The Balaban J connectivity index is 2.12. The quantitative estimate of drug-likeness (QED) is 0.788. The molecule has 1 nitrogen and oxygen atoms in total. The first-order chi connectivity index (χ1) is 9.56. The zero-order chi connectivity index (χ0) is 14.5. The van der Waals surface area contributed by atoms with Crippen molar-refractivity contribution in [1.29, 1.82) is 0 Å². The Morgan fingerprint density at radius 3 is 2.55 bits per heavy atom. The Morgan fingerprint density at radius 1 is 1.15 bits per heavy atom. The summed E-state index contributed by atoms with van der Waals surface area (Å²) in [6.07, 6.45) is 0. The molecule has 0 aliphatic rings. The van der Waals surface area contributed by atoms with Gasteiger partial charge in [0.25, 0.3) is 0 Å². The van der Waals surface area contributed by atoms with Crippen LogP contribution in [-0.4, -0.2) is 6.04 Å². The normalized spacial score (nSPS) is 11.1. The van der Waals surface area contributed by atoms with Crippen molar-refractivity contribution in [1.82, 2.24) is 5.32 Å². The monoisotopic (exact) mass is 353 g/mol. The minimum absolute atomic E-state index is 0.172. The van der Waals surface area contributed by atoms with Gasteiger partial charge in [0.2, 0.25) is 0 Å². The summed E-state index contributed by atoms with van der Waals surface area (Å²) in [4.78, 5) is 1.66. The molecule has 0 spiro atoms. The van der Waals surface area contributed by atoms with Crippen molar-refractivity contribution in [2.45, 2.75) is 36.2 Å². The first kappa shape index (κ1) is 15.5. The van der Waals surface area contributed by atoms with Crippen LogP contribution in [-0.2, 0) is 6.54 Å². The second-order valence-corrected chi connectivity index (χ2v) is 6.77. The Bertz CT molecular complexity index is 586. The van der Waals surface area contributed by atoms with Crippen LogP contribution in [0.25, 0.3) is 0 Å². The average molecular weight is 354 g/mol. The fourth-order valence-corrected chi connectivity index (χ4v) is 3.07. The molecule has 0 aliphatic heterocycles. The molecular formula is C16H17BrFNS. The molecule has 20 heavy (non-hydrogen) atoms. The maximum absolute atomic E-state index is 14.1. The average Bonchev–Trinajstić information content (AvgIpc) is 2.41. The van der Waals surface area contributed by atoms with Crippen molar-refractivity contribution in [3.63, 3.8) is 0 Å². The van der Waals surface area contributed by atoms with E-state index in [-0.39, 0.29) is 5.82 Å². The Hall–Kier alpha value is -0.840. The number of halogens is 2. The Morgan fingerprint density at radius 2 is 1.90 bits per heavy atom. The summed E-state index contributed by atoms with van der Waals surface area (Å²) in [6, 6.07) is 13.6. The van der Waals surface area contributed by atoms with E-state index in [1.807, 2.05) is 36.4 Å².